The third-order valence-electron chi connectivity index (χ3n) is 5.60. The first-order valence-corrected chi connectivity index (χ1v) is 10.8. The maximum Gasteiger partial charge on any atom is 0.317 e. The molecule has 0 saturated carbocycles. The van der Waals surface area contributed by atoms with Crippen LogP contribution in [0.25, 0.3) is 0 Å². The van der Waals surface area contributed by atoms with Gasteiger partial charge in [-0.3, -0.25) is 4.79 Å². The summed E-state index contributed by atoms with van der Waals surface area (Å²) in [4.78, 5) is 28.0. The topological polar surface area (TPSA) is 84.9 Å². The highest BCUT2D eigenvalue weighted by Gasteiger charge is 2.28. The molecule has 0 spiro atoms. The summed E-state index contributed by atoms with van der Waals surface area (Å²) < 4.78 is 13.1. The van der Waals surface area contributed by atoms with Crippen molar-refractivity contribution in [1.29, 1.82) is 0 Å². The second-order valence-electron chi connectivity index (χ2n) is 8.47. The zero-order valence-corrected chi connectivity index (χ0v) is 18.6. The summed E-state index contributed by atoms with van der Waals surface area (Å²) in [5, 5.41) is 16.3. The normalized spacial score (nSPS) is 15.5. The number of nitrogens with one attached hydrogen (secondary N) is 2. The Hall–Kier alpha value is -2.97. The summed E-state index contributed by atoms with van der Waals surface area (Å²) in [7, 11) is 3.66. The fourth-order valence-corrected chi connectivity index (χ4v) is 3.89. The average molecular weight is 443 g/mol. The Labute approximate surface area is 188 Å². The predicted octanol–water partition coefficient (Wildman–Crippen LogP) is 2.98. The van der Waals surface area contributed by atoms with Crippen molar-refractivity contribution in [1.82, 2.24) is 15.1 Å². The Balaban J connectivity index is 1.45. The van der Waals surface area contributed by atoms with E-state index in [0.717, 1.165) is 5.56 Å². The van der Waals surface area contributed by atoms with Gasteiger partial charge in [0, 0.05) is 25.3 Å². The highest BCUT2D eigenvalue weighted by atomic mass is 19.1. The molecule has 0 aromatic heterocycles. The van der Waals surface area contributed by atoms with E-state index in [0.29, 0.717) is 50.3 Å². The van der Waals surface area contributed by atoms with Crippen LogP contribution in [0.4, 0.5) is 14.9 Å². The molecule has 172 valence electrons. The van der Waals surface area contributed by atoms with Gasteiger partial charge >= 0.3 is 6.03 Å². The third-order valence-corrected chi connectivity index (χ3v) is 5.60. The van der Waals surface area contributed by atoms with Gasteiger partial charge in [-0.2, -0.15) is 0 Å². The maximum atomic E-state index is 13.1. The molecule has 1 atom stereocenters. The van der Waals surface area contributed by atoms with Gasteiger partial charge in [-0.1, -0.05) is 24.3 Å². The number of halogens is 1. The summed E-state index contributed by atoms with van der Waals surface area (Å²) >= 11 is 0. The van der Waals surface area contributed by atoms with Gasteiger partial charge in [-0.15, -0.1) is 0 Å². The number of nitrogens with zero attached hydrogens (tertiary/aromatic N) is 2. The number of rotatable bonds is 7. The van der Waals surface area contributed by atoms with E-state index in [1.165, 1.54) is 12.1 Å². The molecule has 1 saturated heterocycles. The van der Waals surface area contributed by atoms with Crippen LogP contribution in [0, 0.1) is 11.7 Å². The van der Waals surface area contributed by atoms with Crippen molar-refractivity contribution in [3.8, 4) is 0 Å². The number of hydrogen-bond donors (Lipinski definition) is 3. The van der Waals surface area contributed by atoms with Crippen LogP contribution < -0.4 is 10.6 Å². The lowest BCUT2D eigenvalue weighted by atomic mass is 9.87. The number of carbonyl (C=O) groups is 2. The van der Waals surface area contributed by atoms with Crippen LogP contribution in [-0.2, 0) is 11.3 Å². The molecule has 8 heteroatoms. The predicted molar refractivity (Wildman–Crippen MR) is 122 cm³/mol. The van der Waals surface area contributed by atoms with Crippen LogP contribution in [0.5, 0.6) is 0 Å². The van der Waals surface area contributed by atoms with Crippen LogP contribution in [0.15, 0.2) is 48.5 Å². The summed E-state index contributed by atoms with van der Waals surface area (Å²) in [5.74, 6) is -0.386. The Morgan fingerprint density at radius 3 is 2.50 bits per heavy atom. The fraction of sp³-hybridized carbons (Fsp3) is 0.417. The minimum atomic E-state index is -0.661. The van der Waals surface area contributed by atoms with Crippen LogP contribution >= 0.6 is 0 Å². The quantitative estimate of drug-likeness (QED) is 0.616. The van der Waals surface area contributed by atoms with Gasteiger partial charge in [-0.25, -0.2) is 9.18 Å². The molecule has 1 heterocycles. The Kier molecular flexibility index (Phi) is 8.19. The molecule has 1 fully saturated rings. The molecular weight excluding hydrogens is 411 g/mol. The van der Waals surface area contributed by atoms with Gasteiger partial charge < -0.3 is 25.5 Å². The molecule has 1 unspecified atom stereocenters. The maximum absolute atomic E-state index is 13.1. The van der Waals surface area contributed by atoms with Gasteiger partial charge in [0.1, 0.15) is 5.82 Å². The van der Waals surface area contributed by atoms with Gasteiger partial charge in [0.05, 0.1) is 12.6 Å². The SMILES string of the molecule is CN(C)CC(=O)Nc1cccc(CNC(=O)N2CCC(C(O)c3ccc(F)cc3)CC2)c1. The lowest BCUT2D eigenvalue weighted by Gasteiger charge is -2.34. The van der Waals surface area contributed by atoms with Gasteiger partial charge in [0.25, 0.3) is 0 Å². The van der Waals surface area contributed by atoms with E-state index in [2.05, 4.69) is 10.6 Å². The average Bonchev–Trinajstić information content (AvgIpc) is 2.77. The number of amides is 3. The van der Waals surface area contributed by atoms with Crippen molar-refractivity contribution in [2.24, 2.45) is 5.92 Å². The summed E-state index contributed by atoms with van der Waals surface area (Å²) in [6.07, 6.45) is 0.699. The number of likely N-dealkylation sites (tertiary alicyclic amines) is 1. The minimum Gasteiger partial charge on any atom is -0.388 e. The second kappa shape index (κ2) is 11.1. The molecule has 3 rings (SSSR count). The number of likely N-dealkylation sites (N-methyl/N-ethyl adjacent to an activating group) is 1. The largest absolute Gasteiger partial charge is 0.388 e. The lowest BCUT2D eigenvalue weighted by Crippen LogP contribution is -2.44. The van der Waals surface area contributed by atoms with E-state index < -0.39 is 6.10 Å². The van der Waals surface area contributed by atoms with Crippen molar-refractivity contribution in [3.05, 3.63) is 65.5 Å². The van der Waals surface area contributed by atoms with Crippen molar-refractivity contribution in [3.63, 3.8) is 0 Å². The van der Waals surface area contributed by atoms with E-state index in [-0.39, 0.29) is 23.7 Å². The summed E-state index contributed by atoms with van der Waals surface area (Å²) in [5.41, 5.74) is 2.29. The number of benzene rings is 2. The highest BCUT2D eigenvalue weighted by molar-refractivity contribution is 5.92. The zero-order valence-electron chi connectivity index (χ0n) is 18.6. The van der Waals surface area contributed by atoms with Crippen molar-refractivity contribution < 1.29 is 19.1 Å². The zero-order chi connectivity index (χ0) is 23.1. The smallest absolute Gasteiger partial charge is 0.317 e. The molecule has 2 aromatic carbocycles. The molecule has 0 bridgehead atoms. The number of hydrogen-bond acceptors (Lipinski definition) is 4. The first-order valence-electron chi connectivity index (χ1n) is 10.8. The van der Waals surface area contributed by atoms with E-state index in [1.54, 1.807) is 21.9 Å². The Bertz CT molecular complexity index is 912. The summed E-state index contributed by atoms with van der Waals surface area (Å²) in [6.45, 7) is 1.76. The van der Waals surface area contributed by atoms with Crippen molar-refractivity contribution in [2.45, 2.75) is 25.5 Å². The minimum absolute atomic E-state index is 0.0342. The molecule has 2 aromatic rings. The van der Waals surface area contributed by atoms with E-state index >= 15 is 0 Å². The highest BCUT2D eigenvalue weighted by Crippen LogP contribution is 2.30. The Morgan fingerprint density at radius 1 is 1.16 bits per heavy atom. The Morgan fingerprint density at radius 2 is 1.84 bits per heavy atom. The molecular formula is C24H31FN4O3. The second-order valence-corrected chi connectivity index (χ2v) is 8.47. The molecule has 3 amide bonds. The number of anilines is 1. The molecule has 1 aliphatic heterocycles. The molecule has 32 heavy (non-hydrogen) atoms. The number of piperidine rings is 1. The van der Waals surface area contributed by atoms with Crippen LogP contribution in [-0.4, -0.2) is 60.6 Å². The molecule has 1 aliphatic rings. The monoisotopic (exact) mass is 442 g/mol. The molecule has 0 aliphatic carbocycles. The fourth-order valence-electron chi connectivity index (χ4n) is 3.89. The number of urea groups is 1. The summed E-state index contributed by atoms with van der Waals surface area (Å²) in [6, 6.07) is 13.2. The van der Waals surface area contributed by atoms with Crippen molar-refractivity contribution >= 4 is 17.6 Å². The first kappa shape index (κ1) is 23.7. The molecule has 3 N–H and O–H groups in total. The van der Waals surface area contributed by atoms with Crippen LogP contribution in [0.3, 0.4) is 0 Å². The van der Waals surface area contributed by atoms with E-state index in [9.17, 15) is 19.1 Å². The van der Waals surface area contributed by atoms with E-state index in [4.69, 9.17) is 0 Å². The number of aliphatic hydroxyl groups excluding tert-OH is 1. The molecule has 7 nitrogen and oxygen atoms in total. The standard InChI is InChI=1S/C24H31FN4O3/c1-28(2)16-22(30)27-21-5-3-4-17(14-21)15-26-24(32)29-12-10-19(11-13-29)23(31)18-6-8-20(25)9-7-18/h3-9,14,19,23,31H,10-13,15-16H2,1-2H3,(H,26,32)(H,27,30). The van der Waals surface area contributed by atoms with Crippen LogP contribution in [0.2, 0.25) is 0 Å². The number of aliphatic hydroxyl groups is 1. The van der Waals surface area contributed by atoms with Gasteiger partial charge in [0.15, 0.2) is 0 Å². The third kappa shape index (κ3) is 6.77. The van der Waals surface area contributed by atoms with Crippen molar-refractivity contribution in [2.75, 3.05) is 39.0 Å². The van der Waals surface area contributed by atoms with Crippen LogP contribution in [0.1, 0.15) is 30.1 Å². The van der Waals surface area contributed by atoms with E-state index in [1.807, 2.05) is 38.4 Å². The number of carbonyl (C=O) groups excluding carboxylic acids is 2. The van der Waals surface area contributed by atoms with Gasteiger partial charge in [-0.05, 0) is 68.2 Å². The molecule has 0 radical (unpaired) electrons. The first-order chi connectivity index (χ1) is 15.3. The van der Waals surface area contributed by atoms with Gasteiger partial charge in [0.2, 0.25) is 5.91 Å². The lowest BCUT2D eigenvalue weighted by molar-refractivity contribution is -0.116.